The predicted molar refractivity (Wildman–Crippen MR) is 41.9 cm³/mol. The van der Waals surface area contributed by atoms with Crippen LogP contribution in [0.25, 0.3) is 0 Å². The number of carbonyl (C=O) groups excluding carboxylic acids is 1. The van der Waals surface area contributed by atoms with E-state index in [2.05, 4.69) is 16.2 Å². The van der Waals surface area contributed by atoms with E-state index in [1.165, 1.54) is 0 Å². The molecule has 0 saturated carbocycles. The summed E-state index contributed by atoms with van der Waals surface area (Å²) in [5.41, 5.74) is 0.583. The lowest BCUT2D eigenvalue weighted by atomic mass is 10.3. The lowest BCUT2D eigenvalue weighted by Crippen LogP contribution is -1.98. The number of rotatable bonds is 2. The Kier molecular flexibility index (Phi) is 2.24. The Labute approximate surface area is 64.5 Å². The Morgan fingerprint density at radius 1 is 1.73 bits per heavy atom. The topological polar surface area (TPSA) is 42.0 Å². The van der Waals surface area contributed by atoms with Crippen LogP contribution in [-0.2, 0) is 4.79 Å². The summed E-state index contributed by atoms with van der Waals surface area (Å²) in [6.45, 7) is 0. The van der Waals surface area contributed by atoms with Crippen LogP contribution in [0.3, 0.4) is 0 Å². The monoisotopic (exact) mass is 146 g/mol. The van der Waals surface area contributed by atoms with Crippen LogP contribution in [-0.4, -0.2) is 11.4 Å². The van der Waals surface area contributed by atoms with Crippen molar-refractivity contribution in [1.29, 1.82) is 0 Å². The van der Waals surface area contributed by atoms with Crippen LogP contribution >= 0.6 is 0 Å². The van der Waals surface area contributed by atoms with Crippen LogP contribution in [0.5, 0.6) is 0 Å². The summed E-state index contributed by atoms with van der Waals surface area (Å²) < 4.78 is 0. The molecule has 1 N–H and O–H groups in total. The SMILES string of the molecule is C#Cc1cccnc1NC=O. The molecule has 11 heavy (non-hydrogen) atoms. The summed E-state index contributed by atoms with van der Waals surface area (Å²) in [6, 6.07) is 3.42. The Morgan fingerprint density at radius 2 is 2.55 bits per heavy atom. The summed E-state index contributed by atoms with van der Waals surface area (Å²) in [4.78, 5) is 13.9. The Hall–Kier alpha value is -1.82. The van der Waals surface area contributed by atoms with Gasteiger partial charge < -0.3 is 5.32 Å². The van der Waals surface area contributed by atoms with E-state index >= 15 is 0 Å². The van der Waals surface area contributed by atoms with Crippen molar-refractivity contribution in [2.45, 2.75) is 0 Å². The maximum Gasteiger partial charge on any atom is 0.212 e. The highest BCUT2D eigenvalue weighted by Gasteiger charge is 1.96. The molecule has 0 fully saturated rings. The van der Waals surface area contributed by atoms with Crippen LogP contribution in [0.1, 0.15) is 5.56 Å². The minimum Gasteiger partial charge on any atom is -0.312 e. The van der Waals surface area contributed by atoms with Crippen molar-refractivity contribution in [2.75, 3.05) is 5.32 Å². The number of pyridine rings is 1. The molecular weight excluding hydrogens is 140 g/mol. The average Bonchev–Trinajstić information content (AvgIpc) is 2.06. The number of hydrogen-bond donors (Lipinski definition) is 1. The number of aromatic nitrogens is 1. The molecular formula is C8H6N2O. The van der Waals surface area contributed by atoms with Gasteiger partial charge in [0.15, 0.2) is 0 Å². The van der Waals surface area contributed by atoms with Gasteiger partial charge in [0.25, 0.3) is 0 Å². The highest BCUT2D eigenvalue weighted by atomic mass is 16.1. The zero-order chi connectivity index (χ0) is 8.10. The minimum atomic E-state index is 0.421. The van der Waals surface area contributed by atoms with Gasteiger partial charge in [-0.15, -0.1) is 6.42 Å². The van der Waals surface area contributed by atoms with Crippen LogP contribution < -0.4 is 5.32 Å². The molecule has 1 aromatic rings. The number of hydrogen-bond acceptors (Lipinski definition) is 2. The van der Waals surface area contributed by atoms with Gasteiger partial charge in [0.05, 0.1) is 5.56 Å². The number of anilines is 1. The third-order valence-electron chi connectivity index (χ3n) is 1.16. The lowest BCUT2D eigenvalue weighted by Gasteiger charge is -1.98. The average molecular weight is 146 g/mol. The van der Waals surface area contributed by atoms with Gasteiger partial charge in [-0.05, 0) is 12.1 Å². The molecule has 0 atom stereocenters. The zero-order valence-corrected chi connectivity index (χ0v) is 5.74. The van der Waals surface area contributed by atoms with Gasteiger partial charge in [-0.25, -0.2) is 4.98 Å². The molecule has 0 unspecified atom stereocenters. The molecule has 0 spiro atoms. The van der Waals surface area contributed by atoms with Gasteiger partial charge in [0, 0.05) is 6.20 Å². The Balaban J connectivity index is 3.04. The minimum absolute atomic E-state index is 0.421. The molecule has 0 aromatic carbocycles. The third-order valence-corrected chi connectivity index (χ3v) is 1.16. The second-order valence-corrected chi connectivity index (χ2v) is 1.81. The Morgan fingerprint density at radius 3 is 3.18 bits per heavy atom. The summed E-state index contributed by atoms with van der Waals surface area (Å²) >= 11 is 0. The molecule has 1 aromatic heterocycles. The van der Waals surface area contributed by atoms with Gasteiger partial charge in [-0.1, -0.05) is 5.92 Å². The van der Waals surface area contributed by atoms with Crippen molar-refractivity contribution in [3.63, 3.8) is 0 Å². The van der Waals surface area contributed by atoms with Crippen LogP contribution in [0.2, 0.25) is 0 Å². The molecule has 0 saturated heterocycles. The van der Waals surface area contributed by atoms with Crippen molar-refractivity contribution in [1.82, 2.24) is 4.98 Å². The smallest absolute Gasteiger partial charge is 0.212 e. The first kappa shape index (κ1) is 7.29. The van der Waals surface area contributed by atoms with E-state index in [-0.39, 0.29) is 0 Å². The quantitative estimate of drug-likeness (QED) is 0.491. The fourth-order valence-electron chi connectivity index (χ4n) is 0.693. The fourth-order valence-corrected chi connectivity index (χ4v) is 0.693. The number of carbonyl (C=O) groups is 1. The molecule has 3 heteroatoms. The molecule has 3 nitrogen and oxygen atoms in total. The maximum absolute atomic E-state index is 10.0. The van der Waals surface area contributed by atoms with Crippen molar-refractivity contribution in [2.24, 2.45) is 0 Å². The van der Waals surface area contributed by atoms with E-state index in [0.29, 0.717) is 17.8 Å². The first-order valence-electron chi connectivity index (χ1n) is 3.00. The second-order valence-electron chi connectivity index (χ2n) is 1.81. The molecule has 0 radical (unpaired) electrons. The van der Waals surface area contributed by atoms with E-state index in [9.17, 15) is 4.79 Å². The molecule has 0 aliphatic carbocycles. The van der Waals surface area contributed by atoms with E-state index in [0.717, 1.165) is 0 Å². The van der Waals surface area contributed by atoms with Crippen molar-refractivity contribution in [3.05, 3.63) is 23.9 Å². The van der Waals surface area contributed by atoms with Crippen LogP contribution in [0.4, 0.5) is 5.82 Å². The highest BCUT2D eigenvalue weighted by molar-refractivity contribution is 5.72. The summed E-state index contributed by atoms with van der Waals surface area (Å²) in [5.74, 6) is 2.82. The predicted octanol–water partition coefficient (Wildman–Crippen LogP) is 0.631. The zero-order valence-electron chi connectivity index (χ0n) is 5.74. The fraction of sp³-hybridized carbons (Fsp3) is 0. The van der Waals surface area contributed by atoms with Crippen LogP contribution in [0.15, 0.2) is 18.3 Å². The van der Waals surface area contributed by atoms with Gasteiger partial charge >= 0.3 is 0 Å². The molecule has 54 valence electrons. The first-order valence-corrected chi connectivity index (χ1v) is 3.00. The highest BCUT2D eigenvalue weighted by Crippen LogP contribution is 2.07. The molecule has 1 heterocycles. The van der Waals surface area contributed by atoms with Gasteiger partial charge in [-0.2, -0.15) is 0 Å². The number of amides is 1. The van der Waals surface area contributed by atoms with Crippen molar-refractivity contribution >= 4 is 12.2 Å². The van der Waals surface area contributed by atoms with Gasteiger partial charge in [0.2, 0.25) is 6.41 Å². The maximum atomic E-state index is 10.0. The van der Waals surface area contributed by atoms with Crippen molar-refractivity contribution < 1.29 is 4.79 Å². The van der Waals surface area contributed by atoms with E-state index in [1.54, 1.807) is 18.3 Å². The van der Waals surface area contributed by atoms with E-state index in [1.807, 2.05) is 0 Å². The first-order chi connectivity index (χ1) is 5.38. The molecule has 0 aliphatic rings. The number of nitrogens with one attached hydrogen (secondary N) is 1. The summed E-state index contributed by atoms with van der Waals surface area (Å²) in [6.07, 6.45) is 7.24. The number of terminal acetylenes is 1. The van der Waals surface area contributed by atoms with Crippen molar-refractivity contribution in [3.8, 4) is 12.3 Å². The normalized spacial score (nSPS) is 8.27. The standard InChI is InChI=1S/C8H6N2O/c1-2-7-4-3-5-9-8(7)10-6-11/h1,3-6H,(H,9,10,11). The molecule has 1 amide bonds. The van der Waals surface area contributed by atoms with Gasteiger partial charge in [0.1, 0.15) is 5.82 Å². The van der Waals surface area contributed by atoms with E-state index < -0.39 is 0 Å². The summed E-state index contributed by atoms with van der Waals surface area (Å²) in [5, 5.41) is 2.39. The Bertz CT molecular complexity index is 301. The van der Waals surface area contributed by atoms with Gasteiger partial charge in [-0.3, -0.25) is 4.79 Å². The molecule has 0 bridgehead atoms. The largest absolute Gasteiger partial charge is 0.312 e. The third kappa shape index (κ3) is 1.55. The lowest BCUT2D eigenvalue weighted by molar-refractivity contribution is -0.105. The number of nitrogens with zero attached hydrogens (tertiary/aromatic N) is 1. The molecule has 0 aliphatic heterocycles. The second kappa shape index (κ2) is 3.37. The summed E-state index contributed by atoms with van der Waals surface area (Å²) in [7, 11) is 0. The van der Waals surface area contributed by atoms with Crippen LogP contribution in [0, 0.1) is 12.3 Å². The van der Waals surface area contributed by atoms with E-state index in [4.69, 9.17) is 6.42 Å². The molecule has 1 rings (SSSR count).